The smallest absolute Gasteiger partial charge is 0.240 e. The van der Waals surface area contributed by atoms with Gasteiger partial charge in [0.1, 0.15) is 5.75 Å². The van der Waals surface area contributed by atoms with Gasteiger partial charge in [0.25, 0.3) is 0 Å². The standard InChI is InChI=1S/C14H24N2O3S.ClH/c1-6-15-12(4)9-16-20(17,18)13-7-10(2)14(19-5)11(3)8-13;/h7-8,12,15-16H,6,9H2,1-5H3;1H/t12-;/m1./s1. The molecule has 5 nitrogen and oxygen atoms in total. The van der Waals surface area contributed by atoms with E-state index in [0.717, 1.165) is 23.4 Å². The van der Waals surface area contributed by atoms with Crippen LogP contribution >= 0.6 is 12.4 Å². The van der Waals surface area contributed by atoms with E-state index in [1.807, 2.05) is 27.7 Å². The molecule has 1 rings (SSSR count). The summed E-state index contributed by atoms with van der Waals surface area (Å²) in [4.78, 5) is 0.275. The predicted molar refractivity (Wildman–Crippen MR) is 88.0 cm³/mol. The second-order valence-corrected chi connectivity index (χ2v) is 6.67. The molecule has 122 valence electrons. The maximum absolute atomic E-state index is 12.3. The van der Waals surface area contributed by atoms with Crippen molar-refractivity contribution in [2.24, 2.45) is 0 Å². The molecule has 0 aromatic heterocycles. The molecule has 0 amide bonds. The third-order valence-electron chi connectivity index (χ3n) is 3.08. The fourth-order valence-electron chi connectivity index (χ4n) is 2.13. The second-order valence-electron chi connectivity index (χ2n) is 4.90. The number of hydrogen-bond acceptors (Lipinski definition) is 4. The molecule has 2 N–H and O–H groups in total. The Morgan fingerprint density at radius 1 is 1.24 bits per heavy atom. The number of sulfonamides is 1. The summed E-state index contributed by atoms with van der Waals surface area (Å²) in [6.07, 6.45) is 0. The summed E-state index contributed by atoms with van der Waals surface area (Å²) in [7, 11) is -1.91. The molecule has 1 aromatic carbocycles. The van der Waals surface area contributed by atoms with Crippen molar-refractivity contribution in [3.05, 3.63) is 23.3 Å². The largest absolute Gasteiger partial charge is 0.496 e. The Kier molecular flexibility index (Phi) is 8.25. The molecule has 0 aliphatic carbocycles. The maximum Gasteiger partial charge on any atom is 0.240 e. The van der Waals surface area contributed by atoms with E-state index in [9.17, 15) is 8.42 Å². The third kappa shape index (κ3) is 5.47. The predicted octanol–water partition coefficient (Wildman–Crippen LogP) is 2.01. The minimum atomic E-state index is -3.49. The van der Waals surface area contributed by atoms with Gasteiger partial charge in [-0.25, -0.2) is 13.1 Å². The van der Waals surface area contributed by atoms with Gasteiger partial charge in [0.2, 0.25) is 10.0 Å². The van der Waals surface area contributed by atoms with E-state index in [1.165, 1.54) is 0 Å². The Bertz CT molecular complexity index is 538. The highest BCUT2D eigenvalue weighted by atomic mass is 35.5. The van der Waals surface area contributed by atoms with Gasteiger partial charge in [0.05, 0.1) is 12.0 Å². The van der Waals surface area contributed by atoms with Gasteiger partial charge in [-0.3, -0.25) is 0 Å². The van der Waals surface area contributed by atoms with E-state index >= 15 is 0 Å². The number of methoxy groups -OCH3 is 1. The van der Waals surface area contributed by atoms with Gasteiger partial charge >= 0.3 is 0 Å². The highest BCUT2D eigenvalue weighted by Gasteiger charge is 2.17. The van der Waals surface area contributed by atoms with Crippen molar-refractivity contribution in [1.82, 2.24) is 10.0 Å². The number of hydrogen-bond donors (Lipinski definition) is 2. The molecule has 0 unspecified atom stereocenters. The molecule has 0 aliphatic rings. The zero-order chi connectivity index (χ0) is 15.3. The monoisotopic (exact) mass is 336 g/mol. The minimum Gasteiger partial charge on any atom is -0.496 e. The lowest BCUT2D eigenvalue weighted by molar-refractivity contribution is 0.408. The van der Waals surface area contributed by atoms with Gasteiger partial charge in [-0.2, -0.15) is 0 Å². The fraction of sp³-hybridized carbons (Fsp3) is 0.571. The van der Waals surface area contributed by atoms with Crippen LogP contribution in [0.4, 0.5) is 0 Å². The Balaban J connectivity index is 0.00000400. The van der Waals surface area contributed by atoms with Gasteiger partial charge in [0.15, 0.2) is 0 Å². The molecule has 0 bridgehead atoms. The Labute approximate surface area is 133 Å². The van der Waals surface area contributed by atoms with Crippen molar-refractivity contribution in [3.63, 3.8) is 0 Å². The number of nitrogens with one attached hydrogen (secondary N) is 2. The summed E-state index contributed by atoms with van der Waals surface area (Å²) in [6.45, 7) is 8.78. The van der Waals surface area contributed by atoms with Gasteiger partial charge in [-0.15, -0.1) is 12.4 Å². The van der Waals surface area contributed by atoms with E-state index in [0.29, 0.717) is 6.54 Å². The van der Waals surface area contributed by atoms with Crippen molar-refractivity contribution in [1.29, 1.82) is 0 Å². The lowest BCUT2D eigenvalue weighted by atomic mass is 10.1. The quantitative estimate of drug-likeness (QED) is 0.799. The molecule has 1 aromatic rings. The highest BCUT2D eigenvalue weighted by molar-refractivity contribution is 7.89. The Morgan fingerprint density at radius 2 is 1.76 bits per heavy atom. The van der Waals surface area contributed by atoms with Crippen molar-refractivity contribution < 1.29 is 13.2 Å². The summed E-state index contributed by atoms with van der Waals surface area (Å²) >= 11 is 0. The van der Waals surface area contributed by atoms with Crippen LogP contribution in [0.1, 0.15) is 25.0 Å². The Hall–Kier alpha value is -0.820. The van der Waals surface area contributed by atoms with E-state index in [2.05, 4.69) is 10.0 Å². The zero-order valence-electron chi connectivity index (χ0n) is 13.2. The second kappa shape index (κ2) is 8.58. The SMILES string of the molecule is CCN[C@H](C)CNS(=O)(=O)c1cc(C)c(OC)c(C)c1.Cl. The van der Waals surface area contributed by atoms with Crippen LogP contribution in [0.2, 0.25) is 0 Å². The van der Waals surface area contributed by atoms with Crippen LogP contribution in [0.3, 0.4) is 0 Å². The number of aryl methyl sites for hydroxylation is 2. The number of benzene rings is 1. The first-order valence-corrected chi connectivity index (χ1v) is 8.18. The summed E-state index contributed by atoms with van der Waals surface area (Å²) in [5.41, 5.74) is 1.63. The van der Waals surface area contributed by atoms with Crippen LogP contribution in [0.15, 0.2) is 17.0 Å². The van der Waals surface area contributed by atoms with Crippen molar-refractivity contribution in [2.45, 2.75) is 38.6 Å². The molecular weight excluding hydrogens is 312 g/mol. The van der Waals surface area contributed by atoms with Gasteiger partial charge < -0.3 is 10.1 Å². The van der Waals surface area contributed by atoms with Crippen molar-refractivity contribution >= 4 is 22.4 Å². The van der Waals surface area contributed by atoms with E-state index in [4.69, 9.17) is 4.74 Å². The molecule has 7 heteroatoms. The van der Waals surface area contributed by atoms with Crippen LogP contribution in [-0.2, 0) is 10.0 Å². The van der Waals surface area contributed by atoms with Crippen molar-refractivity contribution in [2.75, 3.05) is 20.2 Å². The first kappa shape index (κ1) is 20.2. The topological polar surface area (TPSA) is 67.4 Å². The van der Waals surface area contributed by atoms with Gasteiger partial charge in [-0.05, 0) is 50.6 Å². The number of rotatable bonds is 7. The first-order valence-electron chi connectivity index (χ1n) is 6.70. The van der Waals surface area contributed by atoms with Gasteiger partial charge in [-0.1, -0.05) is 6.92 Å². The van der Waals surface area contributed by atoms with Crippen LogP contribution in [-0.4, -0.2) is 34.7 Å². The summed E-state index contributed by atoms with van der Waals surface area (Å²) in [6, 6.07) is 3.35. The first-order chi connectivity index (χ1) is 9.31. The summed E-state index contributed by atoms with van der Waals surface area (Å²) in [5.74, 6) is 0.727. The van der Waals surface area contributed by atoms with Crippen molar-refractivity contribution in [3.8, 4) is 5.75 Å². The van der Waals surface area contributed by atoms with Gasteiger partial charge in [0, 0.05) is 12.6 Å². The molecule has 0 aliphatic heterocycles. The molecule has 0 spiro atoms. The molecule has 21 heavy (non-hydrogen) atoms. The molecule has 0 saturated carbocycles. The summed E-state index contributed by atoms with van der Waals surface area (Å²) in [5, 5.41) is 3.16. The lowest BCUT2D eigenvalue weighted by Gasteiger charge is -2.15. The molecule has 0 heterocycles. The van der Waals surface area contributed by atoms with Crippen LogP contribution in [0.5, 0.6) is 5.75 Å². The highest BCUT2D eigenvalue weighted by Crippen LogP contribution is 2.26. The third-order valence-corrected chi connectivity index (χ3v) is 4.48. The zero-order valence-corrected chi connectivity index (χ0v) is 14.8. The number of likely N-dealkylation sites (N-methyl/N-ethyl adjacent to an activating group) is 1. The molecule has 0 fully saturated rings. The van der Waals surface area contributed by atoms with E-state index in [1.54, 1.807) is 19.2 Å². The normalized spacial score (nSPS) is 12.6. The van der Waals surface area contributed by atoms with Crippen LogP contribution in [0, 0.1) is 13.8 Å². The molecule has 0 saturated heterocycles. The lowest BCUT2D eigenvalue weighted by Crippen LogP contribution is -2.38. The Morgan fingerprint density at radius 3 is 2.19 bits per heavy atom. The molecule has 1 atom stereocenters. The number of ether oxygens (including phenoxy) is 1. The van der Waals surface area contributed by atoms with E-state index in [-0.39, 0.29) is 23.3 Å². The summed E-state index contributed by atoms with van der Waals surface area (Å²) < 4.78 is 32.4. The maximum atomic E-state index is 12.3. The van der Waals surface area contributed by atoms with E-state index < -0.39 is 10.0 Å². The minimum absolute atomic E-state index is 0. The molecular formula is C14H25ClN2O3S. The average molecular weight is 337 g/mol. The number of halogens is 1. The average Bonchev–Trinajstić information content (AvgIpc) is 2.36. The van der Waals surface area contributed by atoms with Crippen LogP contribution < -0.4 is 14.8 Å². The molecule has 0 radical (unpaired) electrons. The fourth-order valence-corrected chi connectivity index (χ4v) is 3.43. The van der Waals surface area contributed by atoms with Crippen LogP contribution in [0.25, 0.3) is 0 Å².